The average molecular weight is 460 g/mol. The minimum atomic E-state index is -0.601. The summed E-state index contributed by atoms with van der Waals surface area (Å²) >= 11 is 0. The number of aliphatic hydroxyl groups is 1. The first-order valence-electron chi connectivity index (χ1n) is 11.7. The molecule has 0 unspecified atom stereocenters. The molecule has 33 heavy (non-hydrogen) atoms. The molecule has 0 aromatic carbocycles. The van der Waals surface area contributed by atoms with Crippen molar-refractivity contribution in [2.75, 3.05) is 18.5 Å². The molecule has 9 nitrogen and oxygen atoms in total. The van der Waals surface area contributed by atoms with Gasteiger partial charge >= 0.3 is 0 Å². The Kier molecular flexibility index (Phi) is 10.9. The number of carbonyl (C=O) groups excluding carboxylic acids is 2. The quantitative estimate of drug-likeness (QED) is 0.128. The van der Waals surface area contributed by atoms with Crippen LogP contribution in [0.25, 0.3) is 11.7 Å². The largest absolute Gasteiger partial charge is 0.394 e. The number of hydrogen-bond donors (Lipinski definition) is 5. The Morgan fingerprint density at radius 3 is 2.70 bits per heavy atom. The Bertz CT molecular complexity index is 938. The van der Waals surface area contributed by atoms with Crippen LogP contribution in [0.4, 0.5) is 5.82 Å². The molecule has 182 valence electrons. The van der Waals surface area contributed by atoms with Gasteiger partial charge in [0.2, 0.25) is 5.91 Å². The molecule has 0 aliphatic heterocycles. The summed E-state index contributed by atoms with van der Waals surface area (Å²) in [6.45, 7) is 6.46. The van der Waals surface area contributed by atoms with Gasteiger partial charge in [-0.3, -0.25) is 19.2 Å². The number of pyridine rings is 1. The van der Waals surface area contributed by atoms with Crippen LogP contribution in [-0.4, -0.2) is 50.7 Å². The monoisotopic (exact) mass is 459 g/mol. The molecule has 0 spiro atoms. The summed E-state index contributed by atoms with van der Waals surface area (Å²) in [4.78, 5) is 28.3. The number of anilines is 1. The highest BCUT2D eigenvalue weighted by Gasteiger charge is 2.16. The van der Waals surface area contributed by atoms with Crippen LogP contribution < -0.4 is 16.1 Å². The van der Waals surface area contributed by atoms with Crippen LogP contribution in [0.1, 0.15) is 64.1 Å². The maximum atomic E-state index is 12.3. The molecule has 0 fully saturated rings. The molecular weight excluding hydrogens is 422 g/mol. The van der Waals surface area contributed by atoms with E-state index in [1.807, 2.05) is 36.6 Å². The zero-order valence-electron chi connectivity index (χ0n) is 19.8. The first-order chi connectivity index (χ1) is 15.9. The lowest BCUT2D eigenvalue weighted by Gasteiger charge is -2.20. The Balaban J connectivity index is 2.14. The number of nitrogens with one attached hydrogen (secondary N) is 3. The van der Waals surface area contributed by atoms with Crippen molar-refractivity contribution in [3.05, 3.63) is 35.7 Å². The maximum absolute atomic E-state index is 12.3. The van der Waals surface area contributed by atoms with E-state index < -0.39 is 5.91 Å². The lowest BCUT2D eigenvalue weighted by Crippen LogP contribution is -2.41. The number of fused-ring (bicyclic) bond motifs is 1. The van der Waals surface area contributed by atoms with Crippen molar-refractivity contribution in [1.82, 2.24) is 20.2 Å². The molecule has 0 aliphatic carbocycles. The second-order valence-corrected chi connectivity index (χ2v) is 8.49. The van der Waals surface area contributed by atoms with Crippen molar-refractivity contribution >= 4 is 29.4 Å². The van der Waals surface area contributed by atoms with Gasteiger partial charge in [-0.15, -0.1) is 0 Å². The van der Waals surface area contributed by atoms with Crippen molar-refractivity contribution < 1.29 is 19.9 Å². The normalized spacial score (nSPS) is 12.4. The Morgan fingerprint density at radius 2 is 2.03 bits per heavy atom. The molecule has 5 N–H and O–H groups in total. The summed E-state index contributed by atoms with van der Waals surface area (Å²) in [7, 11) is 0. The molecule has 0 bridgehead atoms. The summed E-state index contributed by atoms with van der Waals surface area (Å²) < 4.78 is 1.95. The first-order valence-corrected chi connectivity index (χ1v) is 11.7. The van der Waals surface area contributed by atoms with E-state index in [1.165, 1.54) is 12.5 Å². The molecule has 2 aromatic rings. The van der Waals surface area contributed by atoms with E-state index in [4.69, 9.17) is 10.2 Å². The lowest BCUT2D eigenvalue weighted by molar-refractivity contribution is -0.124. The highest BCUT2D eigenvalue weighted by Crippen LogP contribution is 2.22. The molecule has 2 amide bonds. The number of hydrogen-bond acceptors (Lipinski definition) is 6. The Morgan fingerprint density at radius 1 is 1.24 bits per heavy atom. The van der Waals surface area contributed by atoms with Gasteiger partial charge < -0.3 is 15.7 Å². The summed E-state index contributed by atoms with van der Waals surface area (Å²) in [6.07, 6.45) is 10.3. The minimum Gasteiger partial charge on any atom is -0.394 e. The number of imidazole rings is 1. The van der Waals surface area contributed by atoms with Gasteiger partial charge in [0.15, 0.2) is 0 Å². The van der Waals surface area contributed by atoms with Crippen molar-refractivity contribution in [1.29, 1.82) is 0 Å². The topological polar surface area (TPSA) is 128 Å². The number of rotatable bonds is 14. The maximum Gasteiger partial charge on any atom is 0.267 e. The highest BCUT2D eigenvalue weighted by molar-refractivity contribution is 5.91. The van der Waals surface area contributed by atoms with E-state index in [-0.39, 0.29) is 30.9 Å². The standard InChI is InChI=1S/C24H37N5O4/c1-4-5-6-7-8-19-24(25-13-11-22(31)27-20(16-30)17(2)3)29-14-12-18(15-21(29)26-19)9-10-23(32)28-33/h9-10,12,14-15,17,20,25,30,33H,4-8,11,13,16H2,1-3H3,(H,27,31)(H,28,32)/t20-/m1/s1. The molecule has 0 saturated carbocycles. The van der Waals surface area contributed by atoms with Crippen LogP contribution in [0.15, 0.2) is 24.4 Å². The average Bonchev–Trinajstić information content (AvgIpc) is 3.15. The second-order valence-electron chi connectivity index (χ2n) is 8.49. The van der Waals surface area contributed by atoms with Crippen LogP contribution in [-0.2, 0) is 16.0 Å². The van der Waals surface area contributed by atoms with Crippen molar-refractivity contribution in [2.45, 2.75) is 65.3 Å². The van der Waals surface area contributed by atoms with Crippen LogP contribution in [0.3, 0.4) is 0 Å². The Hall–Kier alpha value is -2.91. The van der Waals surface area contributed by atoms with Gasteiger partial charge in [0.1, 0.15) is 11.5 Å². The molecule has 0 radical (unpaired) electrons. The summed E-state index contributed by atoms with van der Waals surface area (Å²) in [5, 5.41) is 24.3. The molecule has 2 heterocycles. The van der Waals surface area contributed by atoms with Gasteiger partial charge in [0, 0.05) is 25.2 Å². The van der Waals surface area contributed by atoms with Gasteiger partial charge in [0.05, 0.1) is 18.3 Å². The van der Waals surface area contributed by atoms with E-state index in [1.54, 1.807) is 11.6 Å². The smallest absolute Gasteiger partial charge is 0.267 e. The van der Waals surface area contributed by atoms with Crippen LogP contribution in [0.2, 0.25) is 0 Å². The van der Waals surface area contributed by atoms with E-state index in [2.05, 4.69) is 17.6 Å². The van der Waals surface area contributed by atoms with E-state index in [0.717, 1.165) is 48.4 Å². The third kappa shape index (κ3) is 8.18. The molecule has 2 aromatic heterocycles. The molecule has 2 rings (SSSR count). The minimum absolute atomic E-state index is 0.0806. The molecule has 9 heteroatoms. The number of amides is 2. The lowest BCUT2D eigenvalue weighted by atomic mass is 10.1. The number of aromatic nitrogens is 2. The zero-order chi connectivity index (χ0) is 24.2. The van der Waals surface area contributed by atoms with Crippen LogP contribution in [0.5, 0.6) is 0 Å². The van der Waals surface area contributed by atoms with Gasteiger partial charge in [-0.2, -0.15) is 0 Å². The number of aryl methyl sites for hydroxylation is 1. The van der Waals surface area contributed by atoms with E-state index >= 15 is 0 Å². The third-order valence-electron chi connectivity index (χ3n) is 5.52. The number of nitrogens with zero attached hydrogens (tertiary/aromatic N) is 2. The van der Waals surface area contributed by atoms with E-state index in [9.17, 15) is 14.7 Å². The first kappa shape index (κ1) is 26.3. The third-order valence-corrected chi connectivity index (χ3v) is 5.52. The van der Waals surface area contributed by atoms with Crippen LogP contribution in [0, 0.1) is 5.92 Å². The fourth-order valence-electron chi connectivity index (χ4n) is 3.50. The van der Waals surface area contributed by atoms with Gasteiger partial charge in [-0.25, -0.2) is 10.5 Å². The van der Waals surface area contributed by atoms with Gasteiger partial charge in [0.25, 0.3) is 5.91 Å². The fraction of sp³-hybridized carbons (Fsp3) is 0.542. The molecular formula is C24H37N5O4. The number of aliphatic hydroxyl groups excluding tert-OH is 1. The molecule has 1 atom stereocenters. The van der Waals surface area contributed by atoms with Crippen molar-refractivity contribution in [3.63, 3.8) is 0 Å². The number of carbonyl (C=O) groups is 2. The predicted octanol–water partition coefficient (Wildman–Crippen LogP) is 2.91. The fourth-order valence-corrected chi connectivity index (χ4v) is 3.50. The summed E-state index contributed by atoms with van der Waals surface area (Å²) in [5.41, 5.74) is 4.03. The zero-order valence-corrected chi connectivity index (χ0v) is 19.8. The van der Waals surface area contributed by atoms with Gasteiger partial charge in [-0.05, 0) is 42.5 Å². The number of unbranched alkanes of at least 4 members (excludes halogenated alkanes) is 3. The molecule has 0 saturated heterocycles. The van der Waals surface area contributed by atoms with E-state index in [0.29, 0.717) is 6.54 Å². The second kappa shape index (κ2) is 13.6. The molecule has 0 aliphatic rings. The van der Waals surface area contributed by atoms with Crippen molar-refractivity contribution in [3.8, 4) is 0 Å². The van der Waals surface area contributed by atoms with Gasteiger partial charge in [-0.1, -0.05) is 40.0 Å². The van der Waals surface area contributed by atoms with Crippen LogP contribution >= 0.6 is 0 Å². The SMILES string of the molecule is CCCCCCc1nc2cc(C=CC(=O)NO)ccn2c1NCCC(=O)N[C@H](CO)C(C)C. The number of hydroxylamine groups is 1. The summed E-state index contributed by atoms with van der Waals surface area (Å²) in [5.74, 6) is 0.312. The predicted molar refractivity (Wildman–Crippen MR) is 129 cm³/mol. The highest BCUT2D eigenvalue weighted by atomic mass is 16.5. The Labute approximate surface area is 195 Å². The summed E-state index contributed by atoms with van der Waals surface area (Å²) in [6, 6.07) is 3.47. The van der Waals surface area contributed by atoms with Crippen molar-refractivity contribution in [2.24, 2.45) is 5.92 Å².